The van der Waals surface area contributed by atoms with Crippen molar-refractivity contribution in [2.24, 2.45) is 0 Å². The standard InChI is InChI=1S/C12H14Cl3N3O.ClH/c1-18(7-4-16-5-7)6-12(19)17-11-3-9(14)8(13)2-10(11)15;/h2-3,7,16H,4-6H2,1H3,(H,17,19);1H. The van der Waals surface area contributed by atoms with Crippen LogP contribution in [0.25, 0.3) is 0 Å². The summed E-state index contributed by atoms with van der Waals surface area (Å²) in [6, 6.07) is 3.48. The summed E-state index contributed by atoms with van der Waals surface area (Å²) in [5, 5.41) is 6.99. The highest BCUT2D eigenvalue weighted by Gasteiger charge is 2.23. The maximum atomic E-state index is 11.9. The van der Waals surface area contributed by atoms with E-state index in [2.05, 4.69) is 10.6 Å². The average Bonchev–Trinajstić information content (AvgIpc) is 2.23. The van der Waals surface area contributed by atoms with Crippen LogP contribution in [0.15, 0.2) is 12.1 Å². The molecule has 1 amide bonds. The van der Waals surface area contributed by atoms with Crippen molar-refractivity contribution in [3.05, 3.63) is 27.2 Å². The van der Waals surface area contributed by atoms with E-state index in [1.165, 1.54) is 6.07 Å². The van der Waals surface area contributed by atoms with E-state index in [9.17, 15) is 4.79 Å². The molecule has 1 heterocycles. The molecule has 1 aliphatic rings. The average molecular weight is 359 g/mol. The Morgan fingerprint density at radius 2 is 1.90 bits per heavy atom. The molecule has 112 valence electrons. The van der Waals surface area contributed by atoms with Crippen molar-refractivity contribution >= 4 is 58.8 Å². The molecule has 0 saturated carbocycles. The maximum Gasteiger partial charge on any atom is 0.238 e. The van der Waals surface area contributed by atoms with Gasteiger partial charge >= 0.3 is 0 Å². The third kappa shape index (κ3) is 4.38. The Morgan fingerprint density at radius 1 is 1.30 bits per heavy atom. The van der Waals surface area contributed by atoms with Crippen molar-refractivity contribution in [1.82, 2.24) is 10.2 Å². The van der Waals surface area contributed by atoms with Crippen LogP contribution in [-0.2, 0) is 4.79 Å². The lowest BCUT2D eigenvalue weighted by Crippen LogP contribution is -2.57. The molecule has 0 aromatic heterocycles. The molecule has 2 N–H and O–H groups in total. The van der Waals surface area contributed by atoms with Gasteiger partial charge in [0.15, 0.2) is 0 Å². The zero-order valence-electron chi connectivity index (χ0n) is 10.8. The second kappa shape index (κ2) is 7.69. The van der Waals surface area contributed by atoms with Crippen molar-refractivity contribution in [3.63, 3.8) is 0 Å². The van der Waals surface area contributed by atoms with Gasteiger partial charge < -0.3 is 10.6 Å². The Kier molecular flexibility index (Phi) is 6.85. The molecule has 0 bridgehead atoms. The molecule has 2 rings (SSSR count). The number of halogens is 4. The van der Waals surface area contributed by atoms with Crippen molar-refractivity contribution in [2.45, 2.75) is 6.04 Å². The number of nitrogens with one attached hydrogen (secondary N) is 2. The van der Waals surface area contributed by atoms with Crippen LogP contribution in [0.1, 0.15) is 0 Å². The predicted molar refractivity (Wildman–Crippen MR) is 86.6 cm³/mol. The summed E-state index contributed by atoms with van der Waals surface area (Å²) in [6.45, 7) is 2.14. The zero-order chi connectivity index (χ0) is 14.0. The Bertz CT molecular complexity index is 494. The Balaban J connectivity index is 0.00000200. The molecule has 1 saturated heterocycles. The van der Waals surface area contributed by atoms with Crippen LogP contribution in [0.5, 0.6) is 0 Å². The van der Waals surface area contributed by atoms with Crippen molar-refractivity contribution in [2.75, 3.05) is 32.0 Å². The van der Waals surface area contributed by atoms with Crippen LogP contribution in [-0.4, -0.2) is 43.5 Å². The number of rotatable bonds is 4. The van der Waals surface area contributed by atoms with Gasteiger partial charge in [-0.25, -0.2) is 0 Å². The molecular formula is C12H15Cl4N3O. The van der Waals surface area contributed by atoms with E-state index in [1.807, 2.05) is 11.9 Å². The number of hydrogen-bond acceptors (Lipinski definition) is 3. The molecular weight excluding hydrogens is 344 g/mol. The van der Waals surface area contributed by atoms with Gasteiger partial charge in [0, 0.05) is 19.1 Å². The van der Waals surface area contributed by atoms with Gasteiger partial charge in [-0.1, -0.05) is 34.8 Å². The minimum atomic E-state index is -0.130. The fraction of sp³-hybridized carbons (Fsp3) is 0.417. The first-order valence-corrected chi connectivity index (χ1v) is 6.96. The molecule has 1 fully saturated rings. The topological polar surface area (TPSA) is 44.4 Å². The molecule has 0 spiro atoms. The molecule has 1 aromatic rings. The lowest BCUT2D eigenvalue weighted by Gasteiger charge is -2.35. The number of hydrogen-bond donors (Lipinski definition) is 2. The fourth-order valence-corrected chi connectivity index (χ4v) is 2.34. The van der Waals surface area contributed by atoms with Gasteiger partial charge in [-0.2, -0.15) is 0 Å². The number of benzene rings is 1. The van der Waals surface area contributed by atoms with E-state index in [0.29, 0.717) is 33.3 Å². The first-order chi connectivity index (χ1) is 8.97. The minimum Gasteiger partial charge on any atom is -0.324 e. The number of likely N-dealkylation sites (N-methyl/N-ethyl adjacent to an activating group) is 1. The Labute approximate surface area is 139 Å². The van der Waals surface area contributed by atoms with Crippen LogP contribution in [0, 0.1) is 0 Å². The molecule has 0 aliphatic carbocycles. The summed E-state index contributed by atoms with van der Waals surface area (Å²) in [5.41, 5.74) is 0.473. The maximum absolute atomic E-state index is 11.9. The first-order valence-electron chi connectivity index (χ1n) is 5.82. The van der Waals surface area contributed by atoms with Crippen molar-refractivity contribution < 1.29 is 4.79 Å². The Hall–Kier alpha value is -0.230. The van der Waals surface area contributed by atoms with E-state index in [1.54, 1.807) is 6.07 Å². The van der Waals surface area contributed by atoms with Crippen LogP contribution in [0.3, 0.4) is 0 Å². The monoisotopic (exact) mass is 357 g/mol. The molecule has 0 unspecified atom stereocenters. The van der Waals surface area contributed by atoms with Crippen LogP contribution < -0.4 is 10.6 Å². The highest BCUT2D eigenvalue weighted by Crippen LogP contribution is 2.32. The van der Waals surface area contributed by atoms with Gasteiger partial charge in [-0.05, 0) is 19.2 Å². The van der Waals surface area contributed by atoms with E-state index < -0.39 is 0 Å². The summed E-state index contributed by atoms with van der Waals surface area (Å²) in [6.07, 6.45) is 0. The molecule has 1 aliphatic heterocycles. The number of carbonyl (C=O) groups excluding carboxylic acids is 1. The summed E-state index contributed by atoms with van der Waals surface area (Å²) in [4.78, 5) is 13.9. The minimum absolute atomic E-state index is 0. The smallest absolute Gasteiger partial charge is 0.238 e. The van der Waals surface area contributed by atoms with E-state index in [-0.39, 0.29) is 18.3 Å². The molecule has 20 heavy (non-hydrogen) atoms. The number of carbonyl (C=O) groups is 1. The summed E-state index contributed by atoms with van der Waals surface area (Å²) in [7, 11) is 1.92. The molecule has 8 heteroatoms. The van der Waals surface area contributed by atoms with Gasteiger partial charge in [0.1, 0.15) is 0 Å². The number of nitrogens with zero attached hydrogens (tertiary/aromatic N) is 1. The van der Waals surface area contributed by atoms with Gasteiger partial charge in [0.2, 0.25) is 5.91 Å². The Morgan fingerprint density at radius 3 is 2.45 bits per heavy atom. The quantitative estimate of drug-likeness (QED) is 0.813. The summed E-state index contributed by atoms with van der Waals surface area (Å²) < 4.78 is 0. The normalized spacial score (nSPS) is 14.7. The molecule has 1 aromatic carbocycles. The highest BCUT2D eigenvalue weighted by molar-refractivity contribution is 6.44. The first kappa shape index (κ1) is 17.8. The van der Waals surface area contributed by atoms with Gasteiger partial charge in [0.05, 0.1) is 27.3 Å². The lowest BCUT2D eigenvalue weighted by molar-refractivity contribution is -0.117. The largest absolute Gasteiger partial charge is 0.324 e. The zero-order valence-corrected chi connectivity index (χ0v) is 13.8. The van der Waals surface area contributed by atoms with Crippen LogP contribution in [0.2, 0.25) is 15.1 Å². The van der Waals surface area contributed by atoms with E-state index >= 15 is 0 Å². The van der Waals surface area contributed by atoms with Gasteiger partial charge in [-0.15, -0.1) is 12.4 Å². The number of amides is 1. The van der Waals surface area contributed by atoms with Gasteiger partial charge in [-0.3, -0.25) is 9.69 Å². The van der Waals surface area contributed by atoms with Crippen molar-refractivity contribution in [1.29, 1.82) is 0 Å². The predicted octanol–water partition coefficient (Wildman–Crippen LogP) is 2.91. The fourth-order valence-electron chi connectivity index (χ4n) is 1.75. The van der Waals surface area contributed by atoms with Crippen molar-refractivity contribution in [3.8, 4) is 0 Å². The summed E-state index contributed by atoms with van der Waals surface area (Å²) in [5.74, 6) is -0.130. The SMILES string of the molecule is CN(CC(=O)Nc1cc(Cl)c(Cl)cc1Cl)C1CNC1.Cl. The second-order valence-corrected chi connectivity index (χ2v) is 5.74. The van der Waals surface area contributed by atoms with Gasteiger partial charge in [0.25, 0.3) is 0 Å². The third-order valence-corrected chi connectivity index (χ3v) is 4.10. The third-order valence-electron chi connectivity index (χ3n) is 3.06. The number of anilines is 1. The summed E-state index contributed by atoms with van der Waals surface area (Å²) >= 11 is 17.7. The second-order valence-electron chi connectivity index (χ2n) is 4.52. The highest BCUT2D eigenvalue weighted by atomic mass is 35.5. The van der Waals surface area contributed by atoms with Crippen LogP contribution in [0.4, 0.5) is 5.69 Å². The van der Waals surface area contributed by atoms with E-state index in [4.69, 9.17) is 34.8 Å². The lowest BCUT2D eigenvalue weighted by atomic mass is 10.1. The van der Waals surface area contributed by atoms with Crippen LogP contribution >= 0.6 is 47.2 Å². The molecule has 4 nitrogen and oxygen atoms in total. The molecule has 0 radical (unpaired) electrons. The molecule has 0 atom stereocenters. The van der Waals surface area contributed by atoms with E-state index in [0.717, 1.165) is 13.1 Å².